The third-order valence-electron chi connectivity index (χ3n) is 3.56. The highest BCUT2D eigenvalue weighted by Gasteiger charge is 2.20. The van der Waals surface area contributed by atoms with E-state index in [1.165, 1.54) is 0 Å². The molecule has 0 radical (unpaired) electrons. The van der Waals surface area contributed by atoms with Crippen LogP contribution in [-0.2, 0) is 4.79 Å². The van der Waals surface area contributed by atoms with Gasteiger partial charge in [-0.3, -0.25) is 9.78 Å². The lowest BCUT2D eigenvalue weighted by atomic mass is 9.95. The van der Waals surface area contributed by atoms with E-state index in [4.69, 9.17) is 0 Å². The van der Waals surface area contributed by atoms with Crippen LogP contribution in [-0.4, -0.2) is 15.9 Å². The maximum atomic E-state index is 12.0. The first-order chi connectivity index (χ1) is 11.9. The zero-order chi connectivity index (χ0) is 17.9. The van der Waals surface area contributed by atoms with Gasteiger partial charge in [-0.05, 0) is 36.4 Å². The lowest BCUT2D eigenvalue weighted by Crippen LogP contribution is -2.27. The number of pyridine rings is 1. The molecular formula is C19H20N4OS. The van der Waals surface area contributed by atoms with Crippen molar-refractivity contribution in [1.82, 2.24) is 9.97 Å². The number of nitrogens with one attached hydrogen (secondary N) is 2. The van der Waals surface area contributed by atoms with Crippen LogP contribution < -0.4 is 10.6 Å². The summed E-state index contributed by atoms with van der Waals surface area (Å²) in [5.41, 5.74) is 3.25. The average molecular weight is 352 g/mol. The van der Waals surface area contributed by atoms with Gasteiger partial charge in [-0.1, -0.05) is 20.8 Å². The van der Waals surface area contributed by atoms with Crippen molar-refractivity contribution in [3.63, 3.8) is 0 Å². The zero-order valence-electron chi connectivity index (χ0n) is 14.4. The van der Waals surface area contributed by atoms with E-state index in [-0.39, 0.29) is 5.91 Å². The Balaban J connectivity index is 1.66. The molecule has 0 aliphatic rings. The van der Waals surface area contributed by atoms with Gasteiger partial charge < -0.3 is 10.6 Å². The van der Waals surface area contributed by atoms with Gasteiger partial charge in [-0.2, -0.15) is 0 Å². The second kappa shape index (κ2) is 7.03. The number of benzene rings is 1. The normalized spacial score (nSPS) is 11.2. The topological polar surface area (TPSA) is 66.9 Å². The highest BCUT2D eigenvalue weighted by atomic mass is 32.1. The summed E-state index contributed by atoms with van der Waals surface area (Å²) in [5, 5.41) is 9.02. The molecule has 128 valence electrons. The summed E-state index contributed by atoms with van der Waals surface area (Å²) in [7, 11) is 0. The summed E-state index contributed by atoms with van der Waals surface area (Å²) < 4.78 is 0. The number of hydrogen-bond donors (Lipinski definition) is 2. The second-order valence-corrected chi connectivity index (χ2v) is 7.54. The fourth-order valence-electron chi connectivity index (χ4n) is 2.07. The van der Waals surface area contributed by atoms with Gasteiger partial charge in [0.2, 0.25) is 5.91 Å². The predicted molar refractivity (Wildman–Crippen MR) is 103 cm³/mol. The molecule has 1 aromatic carbocycles. The number of carbonyl (C=O) groups is 1. The quantitative estimate of drug-likeness (QED) is 0.698. The molecule has 0 atom stereocenters. The van der Waals surface area contributed by atoms with Crippen LogP contribution in [0.5, 0.6) is 0 Å². The van der Waals surface area contributed by atoms with E-state index in [1.807, 2.05) is 62.5 Å². The van der Waals surface area contributed by atoms with Crippen LogP contribution in [0.4, 0.5) is 16.5 Å². The molecule has 0 unspecified atom stereocenters. The number of amides is 1. The van der Waals surface area contributed by atoms with Crippen LogP contribution in [0.15, 0.2) is 54.2 Å². The van der Waals surface area contributed by atoms with Crippen molar-refractivity contribution in [1.29, 1.82) is 0 Å². The molecule has 0 fully saturated rings. The third kappa shape index (κ3) is 4.42. The number of thiazole rings is 1. The Bertz CT molecular complexity index is 851. The lowest BCUT2D eigenvalue weighted by molar-refractivity contribution is -0.123. The lowest BCUT2D eigenvalue weighted by Gasteiger charge is -2.17. The van der Waals surface area contributed by atoms with Gasteiger partial charge >= 0.3 is 0 Å². The molecular weight excluding hydrogens is 332 g/mol. The van der Waals surface area contributed by atoms with Gasteiger partial charge in [0.15, 0.2) is 5.13 Å². The Morgan fingerprint density at radius 1 is 1.00 bits per heavy atom. The van der Waals surface area contributed by atoms with Gasteiger partial charge in [0, 0.05) is 40.1 Å². The first-order valence-corrected chi connectivity index (χ1v) is 8.84. The second-order valence-electron chi connectivity index (χ2n) is 6.68. The molecule has 3 aromatic rings. The van der Waals surface area contributed by atoms with Crippen molar-refractivity contribution in [2.75, 3.05) is 10.6 Å². The highest BCUT2D eigenvalue weighted by molar-refractivity contribution is 7.14. The SMILES string of the molecule is CC(C)(C)C(=O)Nc1ccc(Nc2nc(-c3ccncc3)cs2)cc1. The standard InChI is InChI=1S/C19H20N4OS/c1-19(2,3)17(24)21-14-4-6-15(7-5-14)22-18-23-16(12-25-18)13-8-10-20-11-9-13/h4-12H,1-3H3,(H,21,24)(H,22,23). The Morgan fingerprint density at radius 2 is 1.64 bits per heavy atom. The van der Waals surface area contributed by atoms with E-state index in [0.29, 0.717) is 0 Å². The smallest absolute Gasteiger partial charge is 0.229 e. The molecule has 2 N–H and O–H groups in total. The molecule has 0 spiro atoms. The summed E-state index contributed by atoms with van der Waals surface area (Å²) in [6.07, 6.45) is 3.51. The first-order valence-electron chi connectivity index (χ1n) is 7.96. The van der Waals surface area contributed by atoms with Crippen molar-refractivity contribution < 1.29 is 4.79 Å². The Hall–Kier alpha value is -2.73. The Kier molecular flexibility index (Phi) is 4.81. The Morgan fingerprint density at radius 3 is 2.28 bits per heavy atom. The molecule has 0 saturated heterocycles. The van der Waals surface area contributed by atoms with Gasteiger partial charge in [0.25, 0.3) is 0 Å². The summed E-state index contributed by atoms with van der Waals surface area (Å²) in [4.78, 5) is 20.6. The zero-order valence-corrected chi connectivity index (χ0v) is 15.2. The maximum absolute atomic E-state index is 12.0. The fraction of sp³-hybridized carbons (Fsp3) is 0.211. The molecule has 2 aromatic heterocycles. The number of nitrogens with zero attached hydrogens (tertiary/aromatic N) is 2. The molecule has 0 saturated carbocycles. The van der Waals surface area contributed by atoms with Crippen molar-refractivity contribution >= 4 is 33.8 Å². The van der Waals surface area contributed by atoms with Crippen molar-refractivity contribution in [3.05, 3.63) is 54.2 Å². The molecule has 3 rings (SSSR count). The summed E-state index contributed by atoms with van der Waals surface area (Å²) in [6, 6.07) is 11.5. The number of aromatic nitrogens is 2. The molecule has 0 aliphatic carbocycles. The van der Waals surface area contributed by atoms with E-state index in [1.54, 1.807) is 23.7 Å². The Labute approximate surface area is 151 Å². The number of rotatable bonds is 4. The van der Waals surface area contributed by atoms with Crippen LogP contribution in [0.1, 0.15) is 20.8 Å². The number of hydrogen-bond acceptors (Lipinski definition) is 5. The van der Waals surface area contributed by atoms with Crippen LogP contribution >= 0.6 is 11.3 Å². The minimum absolute atomic E-state index is 0.00451. The molecule has 6 heteroatoms. The van der Waals surface area contributed by atoms with Crippen LogP contribution in [0.25, 0.3) is 11.3 Å². The van der Waals surface area contributed by atoms with E-state index in [0.717, 1.165) is 27.8 Å². The average Bonchev–Trinajstić information content (AvgIpc) is 3.05. The van der Waals surface area contributed by atoms with Crippen molar-refractivity contribution in [2.45, 2.75) is 20.8 Å². The van der Waals surface area contributed by atoms with Gasteiger partial charge in [-0.15, -0.1) is 11.3 Å². The number of carbonyl (C=O) groups excluding carboxylic acids is 1. The minimum atomic E-state index is -0.416. The molecule has 1 amide bonds. The van der Waals surface area contributed by atoms with Gasteiger partial charge in [0.05, 0.1) is 5.69 Å². The van der Waals surface area contributed by atoms with E-state index >= 15 is 0 Å². The summed E-state index contributed by atoms with van der Waals surface area (Å²) in [5.74, 6) is -0.00451. The van der Waals surface area contributed by atoms with Crippen LogP contribution in [0.2, 0.25) is 0 Å². The van der Waals surface area contributed by atoms with Crippen molar-refractivity contribution in [3.8, 4) is 11.3 Å². The molecule has 0 bridgehead atoms. The molecule has 5 nitrogen and oxygen atoms in total. The monoisotopic (exact) mass is 352 g/mol. The third-order valence-corrected chi connectivity index (χ3v) is 4.31. The van der Waals surface area contributed by atoms with Crippen LogP contribution in [0, 0.1) is 5.41 Å². The summed E-state index contributed by atoms with van der Waals surface area (Å²) >= 11 is 1.55. The molecule has 0 aliphatic heterocycles. The van der Waals surface area contributed by atoms with Crippen LogP contribution in [0.3, 0.4) is 0 Å². The van der Waals surface area contributed by atoms with E-state index < -0.39 is 5.41 Å². The molecule has 2 heterocycles. The van der Waals surface area contributed by atoms with E-state index in [9.17, 15) is 4.79 Å². The van der Waals surface area contributed by atoms with Crippen molar-refractivity contribution in [2.24, 2.45) is 5.41 Å². The summed E-state index contributed by atoms with van der Waals surface area (Å²) in [6.45, 7) is 5.67. The van der Waals surface area contributed by atoms with Gasteiger partial charge in [-0.25, -0.2) is 4.98 Å². The number of anilines is 3. The maximum Gasteiger partial charge on any atom is 0.229 e. The predicted octanol–water partition coefficient (Wildman–Crippen LogP) is 4.93. The highest BCUT2D eigenvalue weighted by Crippen LogP contribution is 2.27. The minimum Gasteiger partial charge on any atom is -0.332 e. The van der Waals surface area contributed by atoms with Gasteiger partial charge in [0.1, 0.15) is 0 Å². The largest absolute Gasteiger partial charge is 0.332 e. The van der Waals surface area contributed by atoms with E-state index in [2.05, 4.69) is 20.6 Å². The molecule has 25 heavy (non-hydrogen) atoms. The fourth-order valence-corrected chi connectivity index (χ4v) is 2.81. The first kappa shape index (κ1) is 17.1.